The molecule has 0 spiro atoms. The molecule has 0 saturated carbocycles. The number of piperidine rings is 1. The van der Waals surface area contributed by atoms with E-state index < -0.39 is 43.5 Å². The molecule has 1 fully saturated rings. The van der Waals surface area contributed by atoms with Crippen molar-refractivity contribution in [3.05, 3.63) is 35.8 Å². The summed E-state index contributed by atoms with van der Waals surface area (Å²) >= 11 is 0. The molecule has 2 aliphatic rings. The van der Waals surface area contributed by atoms with Crippen molar-refractivity contribution in [1.82, 2.24) is 19.5 Å². The number of ether oxygens (including phenoxy) is 1. The van der Waals surface area contributed by atoms with Crippen molar-refractivity contribution in [3.8, 4) is 17.0 Å². The van der Waals surface area contributed by atoms with E-state index in [-0.39, 0.29) is 47.7 Å². The predicted octanol–water partition coefficient (Wildman–Crippen LogP) is 4.05. The van der Waals surface area contributed by atoms with Crippen LogP contribution in [0, 0.1) is 17.7 Å². The van der Waals surface area contributed by atoms with Gasteiger partial charge in [0.25, 0.3) is 5.92 Å². The number of amides is 1. The Labute approximate surface area is 227 Å². The molecular weight excluding hydrogens is 532 g/mol. The highest BCUT2D eigenvalue weighted by Gasteiger charge is 2.46. The molecule has 0 radical (unpaired) electrons. The van der Waals surface area contributed by atoms with Crippen LogP contribution in [0.4, 0.5) is 29.2 Å². The number of halogens is 4. The van der Waals surface area contributed by atoms with Crippen LogP contribution < -0.4 is 10.1 Å². The minimum Gasteiger partial charge on any atom is -0.479 e. The van der Waals surface area contributed by atoms with Crippen LogP contribution >= 0.6 is 0 Å². The standard InChI is InChI=1S/C27H30F4N6O3/c1-15(5-7-28)18-10-17-9-16(3-4-20(17)32-11-18)23-19(29)12-37-24(23)25(40-2)34-26(35-37)33-21-6-8-36(22(39)13-38)14-27(21,30)31/h3-4,9,11-12,15,18,21,38H,5-8,10,13-14H2,1-2H3,(H,33,35)/t15-,18+,21-/m1/s1. The number of alkyl halides is 3. The zero-order chi connectivity index (χ0) is 28.6. The van der Waals surface area contributed by atoms with E-state index in [1.165, 1.54) is 11.6 Å². The third kappa shape index (κ3) is 5.21. The average Bonchev–Trinajstić information content (AvgIpc) is 3.28. The normalized spacial score (nSPS) is 20.8. The van der Waals surface area contributed by atoms with Crippen molar-refractivity contribution in [2.24, 2.45) is 16.8 Å². The smallest absolute Gasteiger partial charge is 0.285 e. The van der Waals surface area contributed by atoms with E-state index in [0.29, 0.717) is 18.4 Å². The number of carbonyl (C=O) groups excluding carboxylic acids is 1. The van der Waals surface area contributed by atoms with Gasteiger partial charge in [0.05, 0.1) is 43.8 Å². The van der Waals surface area contributed by atoms with Gasteiger partial charge in [0.1, 0.15) is 12.1 Å². The Morgan fingerprint density at radius 2 is 2.15 bits per heavy atom. The molecule has 2 aromatic heterocycles. The number of likely N-dealkylation sites (tertiary alicyclic amines) is 1. The number of carbonyl (C=O) groups is 1. The number of benzene rings is 1. The molecule has 9 nitrogen and oxygen atoms in total. The number of nitrogens with one attached hydrogen (secondary N) is 1. The second-order valence-electron chi connectivity index (χ2n) is 10.3. The number of hydrogen-bond donors (Lipinski definition) is 2. The van der Waals surface area contributed by atoms with Crippen molar-refractivity contribution in [2.45, 2.75) is 38.2 Å². The molecule has 5 rings (SSSR count). The Kier molecular flexibility index (Phi) is 7.67. The third-order valence-corrected chi connectivity index (χ3v) is 7.66. The number of rotatable bonds is 8. The number of aliphatic hydroxyl groups is 1. The second kappa shape index (κ2) is 11.0. The van der Waals surface area contributed by atoms with E-state index in [2.05, 4.69) is 20.4 Å². The lowest BCUT2D eigenvalue weighted by atomic mass is 9.84. The molecule has 1 aromatic carbocycles. The van der Waals surface area contributed by atoms with Gasteiger partial charge in [-0.1, -0.05) is 13.0 Å². The largest absolute Gasteiger partial charge is 0.479 e. The van der Waals surface area contributed by atoms with Crippen LogP contribution in [0.2, 0.25) is 0 Å². The Morgan fingerprint density at radius 3 is 2.85 bits per heavy atom. The number of methoxy groups -OCH3 is 1. The number of fused-ring (bicyclic) bond motifs is 2. The number of aliphatic imine (C=N–C) groups is 1. The zero-order valence-corrected chi connectivity index (χ0v) is 22.1. The minimum atomic E-state index is -3.33. The summed E-state index contributed by atoms with van der Waals surface area (Å²) in [5, 5.41) is 15.8. The van der Waals surface area contributed by atoms with Crippen molar-refractivity contribution >= 4 is 29.3 Å². The summed E-state index contributed by atoms with van der Waals surface area (Å²) < 4.78 is 64.6. The summed E-state index contributed by atoms with van der Waals surface area (Å²) in [5.74, 6) is -4.74. The first kappa shape index (κ1) is 27.8. The van der Waals surface area contributed by atoms with Crippen LogP contribution in [0.15, 0.2) is 29.4 Å². The van der Waals surface area contributed by atoms with Gasteiger partial charge >= 0.3 is 0 Å². The molecule has 1 amide bonds. The van der Waals surface area contributed by atoms with E-state index in [9.17, 15) is 18.0 Å². The molecule has 1 saturated heterocycles. The Morgan fingerprint density at radius 1 is 1.35 bits per heavy atom. The van der Waals surface area contributed by atoms with Gasteiger partial charge in [0, 0.05) is 18.7 Å². The maximum Gasteiger partial charge on any atom is 0.285 e. The summed E-state index contributed by atoms with van der Waals surface area (Å²) in [5.41, 5.74) is 2.62. The molecule has 3 atom stereocenters. The summed E-state index contributed by atoms with van der Waals surface area (Å²) in [6.07, 6.45) is 3.93. The average molecular weight is 563 g/mol. The Bertz CT molecular complexity index is 1450. The zero-order valence-electron chi connectivity index (χ0n) is 22.1. The highest BCUT2D eigenvalue weighted by molar-refractivity contribution is 5.86. The van der Waals surface area contributed by atoms with Crippen molar-refractivity contribution < 1.29 is 32.2 Å². The molecule has 3 aromatic rings. The van der Waals surface area contributed by atoms with Gasteiger partial charge in [0.2, 0.25) is 17.7 Å². The molecule has 0 aliphatic carbocycles. The maximum absolute atomic E-state index is 15.4. The first-order chi connectivity index (χ1) is 19.1. The summed E-state index contributed by atoms with van der Waals surface area (Å²) in [6.45, 7) is -0.112. The van der Waals surface area contributed by atoms with Gasteiger partial charge in [-0.05, 0) is 48.4 Å². The van der Waals surface area contributed by atoms with Crippen molar-refractivity contribution in [1.29, 1.82) is 0 Å². The molecule has 0 bridgehead atoms. The fourth-order valence-corrected chi connectivity index (χ4v) is 5.33. The van der Waals surface area contributed by atoms with E-state index in [4.69, 9.17) is 9.84 Å². The number of aliphatic hydroxyl groups excluding tert-OH is 1. The lowest BCUT2D eigenvalue weighted by Gasteiger charge is -2.38. The molecule has 40 heavy (non-hydrogen) atoms. The first-order valence-corrected chi connectivity index (χ1v) is 13.0. The van der Waals surface area contributed by atoms with Gasteiger partial charge in [-0.15, -0.1) is 5.10 Å². The number of anilines is 1. The van der Waals surface area contributed by atoms with Crippen molar-refractivity contribution in [2.75, 3.05) is 38.8 Å². The Hall–Kier alpha value is -3.74. The van der Waals surface area contributed by atoms with Gasteiger partial charge in [0.15, 0.2) is 5.82 Å². The van der Waals surface area contributed by atoms with Crippen LogP contribution in [-0.4, -0.2) is 82.2 Å². The van der Waals surface area contributed by atoms with Gasteiger partial charge in [-0.3, -0.25) is 14.2 Å². The lowest BCUT2D eigenvalue weighted by Crippen LogP contribution is -2.56. The van der Waals surface area contributed by atoms with E-state index in [1.807, 2.05) is 19.2 Å². The topological polar surface area (TPSA) is 104 Å². The number of nitrogens with zero attached hydrogens (tertiary/aromatic N) is 5. The molecule has 214 valence electrons. The fraction of sp³-hybridized carbons (Fsp3) is 0.481. The van der Waals surface area contributed by atoms with Gasteiger partial charge < -0.3 is 20.1 Å². The van der Waals surface area contributed by atoms with Gasteiger partial charge in [-0.2, -0.15) is 4.98 Å². The summed E-state index contributed by atoms with van der Waals surface area (Å²) in [4.78, 5) is 21.3. The SMILES string of the molecule is COc1nc(N[C@@H]2CCN(C(=O)CO)CC2(F)F)nn2cc(F)c(-c3ccc4c(c3)C[C@H]([C@H](C)CCF)C=N4)c12. The van der Waals surface area contributed by atoms with Gasteiger partial charge in [-0.25, -0.2) is 17.7 Å². The molecule has 2 aliphatic heterocycles. The third-order valence-electron chi connectivity index (χ3n) is 7.66. The highest BCUT2D eigenvalue weighted by atomic mass is 19.3. The van der Waals surface area contributed by atoms with Crippen molar-refractivity contribution in [3.63, 3.8) is 0 Å². The van der Waals surface area contributed by atoms with Crippen LogP contribution in [0.1, 0.15) is 25.3 Å². The first-order valence-electron chi connectivity index (χ1n) is 13.0. The van der Waals surface area contributed by atoms with E-state index in [0.717, 1.165) is 22.3 Å². The van der Waals surface area contributed by atoms with E-state index >= 15 is 4.39 Å². The lowest BCUT2D eigenvalue weighted by molar-refractivity contribution is -0.145. The summed E-state index contributed by atoms with van der Waals surface area (Å²) in [7, 11) is 1.34. The van der Waals surface area contributed by atoms with Crippen LogP contribution in [0.25, 0.3) is 16.6 Å². The fourth-order valence-electron chi connectivity index (χ4n) is 5.33. The molecule has 0 unspecified atom stereocenters. The Balaban J connectivity index is 1.45. The van der Waals surface area contributed by atoms with Crippen LogP contribution in [-0.2, 0) is 11.2 Å². The molecule has 2 N–H and O–H groups in total. The summed E-state index contributed by atoms with van der Waals surface area (Å²) in [6, 6.07) is 3.96. The second-order valence-corrected chi connectivity index (χ2v) is 10.3. The molecule has 4 heterocycles. The predicted molar refractivity (Wildman–Crippen MR) is 141 cm³/mol. The number of aromatic nitrogens is 3. The van der Waals surface area contributed by atoms with Crippen LogP contribution in [0.5, 0.6) is 5.88 Å². The number of hydrogen-bond acceptors (Lipinski definition) is 7. The monoisotopic (exact) mass is 562 g/mol. The maximum atomic E-state index is 15.4. The molecular formula is C27H30F4N6O3. The highest BCUT2D eigenvalue weighted by Crippen LogP contribution is 2.39. The quantitative estimate of drug-likeness (QED) is 0.402. The minimum absolute atomic E-state index is 0.0159. The molecule has 13 heteroatoms. The van der Waals surface area contributed by atoms with Crippen LogP contribution in [0.3, 0.4) is 0 Å². The van der Waals surface area contributed by atoms with E-state index in [1.54, 1.807) is 12.1 Å².